The van der Waals surface area contributed by atoms with Gasteiger partial charge in [-0.1, -0.05) is 35.6 Å². The molecule has 2 aromatic carbocycles. The van der Waals surface area contributed by atoms with Gasteiger partial charge in [0, 0.05) is 0 Å². The van der Waals surface area contributed by atoms with Crippen molar-refractivity contribution in [3.05, 3.63) is 66.1 Å². The van der Waals surface area contributed by atoms with E-state index in [9.17, 15) is 22.7 Å². The van der Waals surface area contributed by atoms with Crippen LogP contribution in [0.3, 0.4) is 0 Å². The fraction of sp³-hybridized carbons (Fsp3) is 0. The van der Waals surface area contributed by atoms with Crippen molar-refractivity contribution < 1.29 is 22.7 Å². The van der Waals surface area contributed by atoms with Gasteiger partial charge in [-0.2, -0.15) is 0 Å². The SMILES string of the molecule is O=C(Nc1ncc(S(=O)(=O)c2ccccc2)s1)c1cccc(F)c1O. The van der Waals surface area contributed by atoms with Crippen molar-refractivity contribution in [2.24, 2.45) is 0 Å². The standard InChI is InChI=1S/C16H11FN2O4S2/c17-12-8-4-7-11(14(12)20)15(21)19-16-18-9-13(24-16)25(22,23)10-5-2-1-3-6-10/h1-9,20H,(H,18,19,21). The van der Waals surface area contributed by atoms with Crippen LogP contribution in [0.1, 0.15) is 10.4 Å². The molecule has 0 spiro atoms. The summed E-state index contributed by atoms with van der Waals surface area (Å²) in [7, 11) is -3.74. The Labute approximate surface area is 146 Å². The Morgan fingerprint density at radius 3 is 2.56 bits per heavy atom. The normalized spacial score (nSPS) is 11.2. The van der Waals surface area contributed by atoms with Gasteiger partial charge < -0.3 is 5.11 Å². The number of hydrogen-bond donors (Lipinski definition) is 2. The Morgan fingerprint density at radius 1 is 1.12 bits per heavy atom. The largest absolute Gasteiger partial charge is 0.504 e. The smallest absolute Gasteiger partial charge is 0.261 e. The topological polar surface area (TPSA) is 96.4 Å². The zero-order valence-corrected chi connectivity index (χ0v) is 14.1. The van der Waals surface area contributed by atoms with E-state index in [1.54, 1.807) is 18.2 Å². The summed E-state index contributed by atoms with van der Waals surface area (Å²) in [4.78, 5) is 16.1. The summed E-state index contributed by atoms with van der Waals surface area (Å²) in [5, 5.41) is 11.9. The molecule has 0 bridgehead atoms. The number of para-hydroxylation sites is 1. The molecule has 0 aliphatic rings. The first-order chi connectivity index (χ1) is 11.9. The summed E-state index contributed by atoms with van der Waals surface area (Å²) in [6.07, 6.45) is 1.13. The number of nitrogens with zero attached hydrogens (tertiary/aromatic N) is 1. The average molecular weight is 378 g/mol. The molecule has 0 atom stereocenters. The molecule has 3 rings (SSSR count). The van der Waals surface area contributed by atoms with Gasteiger partial charge >= 0.3 is 0 Å². The van der Waals surface area contributed by atoms with E-state index in [0.717, 1.165) is 23.6 Å². The average Bonchev–Trinajstić information content (AvgIpc) is 3.07. The van der Waals surface area contributed by atoms with E-state index in [0.29, 0.717) is 0 Å². The molecule has 1 heterocycles. The number of rotatable bonds is 4. The second-order valence-electron chi connectivity index (χ2n) is 4.89. The first kappa shape index (κ1) is 17.1. The second kappa shape index (κ2) is 6.61. The van der Waals surface area contributed by atoms with E-state index < -0.39 is 27.3 Å². The first-order valence-electron chi connectivity index (χ1n) is 6.94. The minimum atomic E-state index is -3.74. The summed E-state index contributed by atoms with van der Waals surface area (Å²) in [6, 6.07) is 11.3. The maximum atomic E-state index is 13.3. The third-order valence-corrected chi connectivity index (χ3v) is 6.40. The molecule has 128 valence electrons. The van der Waals surface area contributed by atoms with Gasteiger partial charge in [-0.3, -0.25) is 10.1 Å². The Bertz CT molecular complexity index is 1030. The Morgan fingerprint density at radius 2 is 1.84 bits per heavy atom. The first-order valence-corrected chi connectivity index (χ1v) is 9.24. The van der Waals surface area contributed by atoms with Crippen LogP contribution in [-0.4, -0.2) is 24.4 Å². The van der Waals surface area contributed by atoms with Crippen LogP contribution >= 0.6 is 11.3 Å². The summed E-state index contributed by atoms with van der Waals surface area (Å²) in [6.45, 7) is 0. The maximum absolute atomic E-state index is 13.3. The third kappa shape index (κ3) is 3.37. The van der Waals surface area contributed by atoms with Crippen LogP contribution in [-0.2, 0) is 9.84 Å². The Kier molecular flexibility index (Phi) is 4.51. The molecule has 3 aromatic rings. The highest BCUT2D eigenvalue weighted by molar-refractivity contribution is 7.93. The lowest BCUT2D eigenvalue weighted by atomic mass is 10.2. The molecule has 1 aromatic heterocycles. The maximum Gasteiger partial charge on any atom is 0.261 e. The van der Waals surface area contributed by atoms with E-state index in [4.69, 9.17) is 0 Å². The van der Waals surface area contributed by atoms with Crippen LogP contribution in [0.2, 0.25) is 0 Å². The molecule has 0 unspecified atom stereocenters. The van der Waals surface area contributed by atoms with Crippen molar-refractivity contribution >= 4 is 32.2 Å². The lowest BCUT2D eigenvalue weighted by Crippen LogP contribution is -2.12. The molecule has 0 saturated carbocycles. The fourth-order valence-electron chi connectivity index (χ4n) is 2.02. The summed E-state index contributed by atoms with van der Waals surface area (Å²) in [5.74, 6) is -2.51. The number of hydrogen-bond acceptors (Lipinski definition) is 6. The van der Waals surface area contributed by atoms with Crippen LogP contribution < -0.4 is 5.32 Å². The molecule has 2 N–H and O–H groups in total. The monoisotopic (exact) mass is 378 g/mol. The zero-order chi connectivity index (χ0) is 18.0. The van der Waals surface area contributed by atoms with Gasteiger partial charge in [0.15, 0.2) is 16.7 Å². The zero-order valence-electron chi connectivity index (χ0n) is 12.5. The highest BCUT2D eigenvalue weighted by atomic mass is 32.2. The number of carbonyl (C=O) groups is 1. The molecule has 25 heavy (non-hydrogen) atoms. The van der Waals surface area contributed by atoms with Gasteiger partial charge in [-0.15, -0.1) is 0 Å². The number of benzene rings is 2. The highest BCUT2D eigenvalue weighted by Crippen LogP contribution is 2.29. The number of thiazole rings is 1. The van der Waals surface area contributed by atoms with Gasteiger partial charge in [0.05, 0.1) is 16.7 Å². The van der Waals surface area contributed by atoms with E-state index >= 15 is 0 Å². The Hall–Kier alpha value is -2.78. The van der Waals surface area contributed by atoms with E-state index in [1.807, 2.05) is 0 Å². The van der Waals surface area contributed by atoms with E-state index in [-0.39, 0.29) is 19.8 Å². The van der Waals surface area contributed by atoms with E-state index in [2.05, 4.69) is 10.3 Å². The minimum absolute atomic E-state index is 0.0168. The number of aromatic nitrogens is 1. The summed E-state index contributed by atoms with van der Waals surface area (Å²) >= 11 is 0.761. The number of sulfone groups is 1. The Balaban J connectivity index is 1.85. The predicted octanol–water partition coefficient (Wildman–Crippen LogP) is 3.07. The molecule has 6 nitrogen and oxygen atoms in total. The molecule has 0 radical (unpaired) electrons. The predicted molar refractivity (Wildman–Crippen MR) is 90.0 cm³/mol. The molecular weight excluding hydrogens is 367 g/mol. The van der Waals surface area contributed by atoms with Crippen LogP contribution in [0.5, 0.6) is 5.75 Å². The number of phenols is 1. The number of anilines is 1. The summed E-state index contributed by atoms with van der Waals surface area (Å²) < 4.78 is 38.2. The van der Waals surface area contributed by atoms with Crippen LogP contribution in [0, 0.1) is 5.82 Å². The van der Waals surface area contributed by atoms with Crippen molar-refractivity contribution in [1.29, 1.82) is 0 Å². The van der Waals surface area contributed by atoms with Gasteiger partial charge in [-0.25, -0.2) is 17.8 Å². The number of phenolic OH excluding ortho intramolecular Hbond substituents is 1. The quantitative estimate of drug-likeness (QED) is 0.727. The van der Waals surface area contributed by atoms with Crippen molar-refractivity contribution in [3.8, 4) is 5.75 Å². The molecule has 0 fully saturated rings. The minimum Gasteiger partial charge on any atom is -0.504 e. The molecular formula is C16H11FN2O4S2. The van der Waals surface area contributed by atoms with Crippen molar-refractivity contribution in [1.82, 2.24) is 4.98 Å². The van der Waals surface area contributed by atoms with Crippen LogP contribution in [0.4, 0.5) is 9.52 Å². The second-order valence-corrected chi connectivity index (χ2v) is 8.10. The number of nitrogens with one attached hydrogen (secondary N) is 1. The molecule has 0 saturated heterocycles. The fourth-order valence-corrected chi connectivity index (χ4v) is 4.47. The number of aromatic hydroxyl groups is 1. The van der Waals surface area contributed by atoms with Crippen LogP contribution in [0.25, 0.3) is 0 Å². The van der Waals surface area contributed by atoms with E-state index in [1.165, 1.54) is 24.3 Å². The lowest BCUT2D eigenvalue weighted by molar-refractivity contribution is 0.102. The van der Waals surface area contributed by atoms with Gasteiger partial charge in [0.1, 0.15) is 4.21 Å². The van der Waals surface area contributed by atoms with Crippen molar-refractivity contribution in [2.75, 3.05) is 5.32 Å². The van der Waals surface area contributed by atoms with Gasteiger partial charge in [0.2, 0.25) is 9.84 Å². The van der Waals surface area contributed by atoms with Crippen molar-refractivity contribution in [2.45, 2.75) is 9.10 Å². The van der Waals surface area contributed by atoms with Crippen LogP contribution in [0.15, 0.2) is 63.8 Å². The van der Waals surface area contributed by atoms with Gasteiger partial charge in [0.25, 0.3) is 5.91 Å². The van der Waals surface area contributed by atoms with Gasteiger partial charge in [-0.05, 0) is 24.3 Å². The number of amides is 1. The summed E-state index contributed by atoms with van der Waals surface area (Å²) in [5.41, 5.74) is -0.275. The number of halogens is 1. The molecule has 9 heteroatoms. The van der Waals surface area contributed by atoms with Crippen molar-refractivity contribution in [3.63, 3.8) is 0 Å². The third-order valence-electron chi connectivity index (χ3n) is 3.25. The molecule has 1 amide bonds. The highest BCUT2D eigenvalue weighted by Gasteiger charge is 2.22. The molecule has 0 aliphatic carbocycles. The molecule has 0 aliphatic heterocycles. The number of carbonyl (C=O) groups excluding carboxylic acids is 1. The lowest BCUT2D eigenvalue weighted by Gasteiger charge is -2.04.